The molecule has 2 aromatic carbocycles. The Balaban J connectivity index is 1.75. The van der Waals surface area contributed by atoms with Gasteiger partial charge in [0.1, 0.15) is 11.6 Å². The number of nitrogens with zero attached hydrogens (tertiary/aromatic N) is 1. The maximum atomic E-state index is 13.2. The summed E-state index contributed by atoms with van der Waals surface area (Å²) in [6.07, 6.45) is 1.50. The molecule has 0 aliphatic heterocycles. The maximum absolute atomic E-state index is 13.2. The molecule has 0 spiro atoms. The minimum Gasteiger partial charge on any atom is -0.354 e. The Labute approximate surface area is 155 Å². The molecule has 0 radical (unpaired) electrons. The molecule has 3 rings (SSSR count). The van der Waals surface area contributed by atoms with E-state index < -0.39 is 15.8 Å². The lowest BCUT2D eigenvalue weighted by molar-refractivity contribution is 0.598. The lowest BCUT2D eigenvalue weighted by Gasteiger charge is -2.11. The van der Waals surface area contributed by atoms with Gasteiger partial charge in [0.2, 0.25) is 0 Å². The van der Waals surface area contributed by atoms with E-state index in [1.807, 2.05) is 12.1 Å². The summed E-state index contributed by atoms with van der Waals surface area (Å²) in [6.45, 7) is 1.53. The van der Waals surface area contributed by atoms with Gasteiger partial charge in [-0.1, -0.05) is 11.6 Å². The molecule has 0 fully saturated rings. The van der Waals surface area contributed by atoms with Crippen molar-refractivity contribution in [3.8, 4) is 0 Å². The topological polar surface area (TPSA) is 71.1 Å². The van der Waals surface area contributed by atoms with Crippen LogP contribution in [0, 0.1) is 12.7 Å². The number of hydrogen-bond donors (Lipinski definition) is 2. The third-order valence-corrected chi connectivity index (χ3v) is 5.33. The van der Waals surface area contributed by atoms with E-state index in [0.717, 1.165) is 11.8 Å². The summed E-state index contributed by atoms with van der Waals surface area (Å²) in [5.41, 5.74) is 1.83. The largest absolute Gasteiger partial charge is 0.354 e. The first-order chi connectivity index (χ1) is 12.3. The first kappa shape index (κ1) is 18.2. The summed E-state index contributed by atoms with van der Waals surface area (Å²) < 4.78 is 40.4. The third-order valence-electron chi connectivity index (χ3n) is 3.56. The lowest BCUT2D eigenvalue weighted by atomic mass is 10.2. The number of nitrogens with one attached hydrogen (secondary N) is 2. The van der Waals surface area contributed by atoms with Gasteiger partial charge in [0.15, 0.2) is 0 Å². The Hall–Kier alpha value is -2.64. The van der Waals surface area contributed by atoms with Gasteiger partial charge in [0, 0.05) is 10.7 Å². The molecular formula is C18H15ClFN3O2S. The van der Waals surface area contributed by atoms with E-state index in [9.17, 15) is 12.8 Å². The van der Waals surface area contributed by atoms with Crippen LogP contribution in [0.15, 0.2) is 65.7 Å². The van der Waals surface area contributed by atoms with E-state index in [0.29, 0.717) is 16.3 Å². The highest BCUT2D eigenvalue weighted by molar-refractivity contribution is 7.92. The van der Waals surface area contributed by atoms with E-state index >= 15 is 0 Å². The second-order valence-corrected chi connectivity index (χ2v) is 7.67. The van der Waals surface area contributed by atoms with Gasteiger partial charge in [-0.15, -0.1) is 0 Å². The molecule has 5 nitrogen and oxygen atoms in total. The van der Waals surface area contributed by atoms with Gasteiger partial charge >= 0.3 is 0 Å². The molecule has 0 atom stereocenters. The van der Waals surface area contributed by atoms with E-state index in [1.165, 1.54) is 31.3 Å². The van der Waals surface area contributed by atoms with Crippen molar-refractivity contribution in [1.82, 2.24) is 4.98 Å². The summed E-state index contributed by atoms with van der Waals surface area (Å²) in [7, 11) is -3.85. The van der Waals surface area contributed by atoms with Crippen molar-refractivity contribution < 1.29 is 12.8 Å². The van der Waals surface area contributed by atoms with Crippen LogP contribution in [0.3, 0.4) is 0 Å². The van der Waals surface area contributed by atoms with E-state index in [1.54, 1.807) is 18.2 Å². The van der Waals surface area contributed by atoms with Crippen LogP contribution in [-0.4, -0.2) is 13.4 Å². The molecule has 0 aliphatic rings. The third kappa shape index (κ3) is 4.30. The highest BCUT2D eigenvalue weighted by Gasteiger charge is 2.17. The van der Waals surface area contributed by atoms with Crippen LogP contribution in [0.5, 0.6) is 0 Å². The summed E-state index contributed by atoms with van der Waals surface area (Å²) >= 11 is 5.84. The molecular weight excluding hydrogens is 377 g/mol. The van der Waals surface area contributed by atoms with Crippen LogP contribution in [0.25, 0.3) is 0 Å². The average molecular weight is 392 g/mol. The molecule has 0 aliphatic carbocycles. The minimum atomic E-state index is -3.85. The Bertz CT molecular complexity index is 1020. The molecule has 134 valence electrons. The van der Waals surface area contributed by atoms with Crippen LogP contribution in [0.4, 0.5) is 21.6 Å². The Kier molecular flexibility index (Phi) is 5.11. The molecule has 3 aromatic rings. The van der Waals surface area contributed by atoms with Crippen LogP contribution < -0.4 is 10.0 Å². The fourth-order valence-corrected chi connectivity index (χ4v) is 3.70. The van der Waals surface area contributed by atoms with Crippen LogP contribution >= 0.6 is 11.6 Å². The van der Waals surface area contributed by atoms with Gasteiger partial charge in [0.05, 0.1) is 16.8 Å². The summed E-state index contributed by atoms with van der Waals surface area (Å²) in [6, 6.07) is 13.9. The molecule has 0 unspecified atom stereocenters. The molecule has 0 bridgehead atoms. The first-order valence-corrected chi connectivity index (χ1v) is 9.47. The molecule has 2 N–H and O–H groups in total. The van der Waals surface area contributed by atoms with Gasteiger partial charge in [-0.3, -0.25) is 4.72 Å². The molecule has 0 saturated carbocycles. The summed E-state index contributed by atoms with van der Waals surface area (Å²) in [4.78, 5) is 4.10. The maximum Gasteiger partial charge on any atom is 0.263 e. The highest BCUT2D eigenvalue weighted by atomic mass is 35.5. The number of pyridine rings is 1. The monoisotopic (exact) mass is 391 g/mol. The minimum absolute atomic E-state index is 0.00376. The van der Waals surface area contributed by atoms with Crippen molar-refractivity contribution in [1.29, 1.82) is 0 Å². The fourth-order valence-electron chi connectivity index (χ4n) is 2.34. The van der Waals surface area contributed by atoms with Gasteiger partial charge in [-0.25, -0.2) is 17.8 Å². The normalized spacial score (nSPS) is 11.2. The number of anilines is 3. The SMILES string of the molecule is Cc1cc(F)ccc1S(=O)(=O)Nc1ccc(Nc2ccc(Cl)cc2)cn1. The van der Waals surface area contributed by atoms with Crippen molar-refractivity contribution in [3.05, 3.63) is 77.2 Å². The second kappa shape index (κ2) is 7.31. The Morgan fingerprint density at radius 3 is 2.31 bits per heavy atom. The quantitative estimate of drug-likeness (QED) is 0.659. The van der Waals surface area contributed by atoms with E-state index in [2.05, 4.69) is 15.0 Å². The van der Waals surface area contributed by atoms with Gasteiger partial charge in [0.25, 0.3) is 10.0 Å². The lowest BCUT2D eigenvalue weighted by Crippen LogP contribution is -2.15. The molecule has 0 saturated heterocycles. The van der Waals surface area contributed by atoms with E-state index in [4.69, 9.17) is 11.6 Å². The second-order valence-electron chi connectivity index (χ2n) is 5.58. The van der Waals surface area contributed by atoms with Gasteiger partial charge in [-0.2, -0.15) is 0 Å². The van der Waals surface area contributed by atoms with Crippen molar-refractivity contribution in [2.24, 2.45) is 0 Å². The van der Waals surface area contributed by atoms with Crippen molar-refractivity contribution in [2.75, 3.05) is 10.0 Å². The van der Waals surface area contributed by atoms with Crippen LogP contribution in [0.2, 0.25) is 5.02 Å². The predicted octanol–water partition coefficient (Wildman–Crippen LogP) is 4.73. The van der Waals surface area contributed by atoms with Crippen LogP contribution in [-0.2, 0) is 10.0 Å². The standard InChI is InChI=1S/C18H15ClFN3O2S/c1-12-10-14(20)4-8-17(12)26(24,25)23-18-9-7-16(11-21-18)22-15-5-2-13(19)3-6-15/h2-11,22H,1H3,(H,21,23). The van der Waals surface area contributed by atoms with Crippen molar-refractivity contribution >= 4 is 38.8 Å². The number of rotatable bonds is 5. The van der Waals surface area contributed by atoms with Crippen molar-refractivity contribution in [3.63, 3.8) is 0 Å². The average Bonchev–Trinajstić information content (AvgIpc) is 2.58. The number of benzene rings is 2. The Morgan fingerprint density at radius 1 is 1.00 bits per heavy atom. The number of hydrogen-bond acceptors (Lipinski definition) is 4. The zero-order valence-corrected chi connectivity index (χ0v) is 15.3. The van der Waals surface area contributed by atoms with Gasteiger partial charge in [-0.05, 0) is 67.1 Å². The molecule has 1 aromatic heterocycles. The number of sulfonamides is 1. The number of halogens is 2. The molecule has 26 heavy (non-hydrogen) atoms. The first-order valence-electron chi connectivity index (χ1n) is 7.61. The van der Waals surface area contributed by atoms with Crippen molar-refractivity contribution in [2.45, 2.75) is 11.8 Å². The van der Waals surface area contributed by atoms with Gasteiger partial charge < -0.3 is 5.32 Å². The number of aryl methyl sites for hydroxylation is 1. The fraction of sp³-hybridized carbons (Fsp3) is 0.0556. The number of aromatic nitrogens is 1. The molecule has 0 amide bonds. The smallest absolute Gasteiger partial charge is 0.263 e. The zero-order valence-electron chi connectivity index (χ0n) is 13.7. The molecule has 1 heterocycles. The predicted molar refractivity (Wildman–Crippen MR) is 101 cm³/mol. The highest BCUT2D eigenvalue weighted by Crippen LogP contribution is 2.22. The van der Waals surface area contributed by atoms with E-state index in [-0.39, 0.29) is 10.7 Å². The Morgan fingerprint density at radius 2 is 1.69 bits per heavy atom. The zero-order chi connectivity index (χ0) is 18.7. The summed E-state index contributed by atoms with van der Waals surface area (Å²) in [5.74, 6) is -0.326. The van der Waals surface area contributed by atoms with Crippen LogP contribution in [0.1, 0.15) is 5.56 Å². The summed E-state index contributed by atoms with van der Waals surface area (Å²) in [5, 5.41) is 3.76. The molecule has 8 heteroatoms.